The number of rotatable bonds is 9. The van der Waals surface area contributed by atoms with Crippen LogP contribution in [0.3, 0.4) is 0 Å². The number of piperidine rings is 1. The molecule has 1 atom stereocenters. The van der Waals surface area contributed by atoms with Crippen molar-refractivity contribution in [2.24, 2.45) is 11.3 Å². The van der Waals surface area contributed by atoms with Crippen LogP contribution in [0.15, 0.2) is 60.9 Å². The highest BCUT2D eigenvalue weighted by Gasteiger charge is 2.52. The molecule has 3 amide bonds. The molecule has 1 aromatic heterocycles. The van der Waals surface area contributed by atoms with Crippen LogP contribution in [0.5, 0.6) is 5.75 Å². The average Bonchev–Trinajstić information content (AvgIpc) is 3.54. The molecule has 1 aliphatic carbocycles. The summed E-state index contributed by atoms with van der Waals surface area (Å²) in [5.41, 5.74) is 3.05. The lowest BCUT2D eigenvalue weighted by molar-refractivity contribution is -0.145. The van der Waals surface area contributed by atoms with E-state index in [2.05, 4.69) is 44.3 Å². The normalized spacial score (nSPS) is 20.6. The molecule has 2 N–H and O–H groups in total. The number of carbonyl (C=O) groups excluding carboxylic acids is 2. The molecule has 4 heterocycles. The fraction of sp³-hybridized carbons (Fsp3) is 0.500. The summed E-state index contributed by atoms with van der Waals surface area (Å²) in [5, 5.41) is 16.1. The molecule has 11 heteroatoms. The van der Waals surface area contributed by atoms with E-state index in [9.17, 15) is 19.5 Å². The lowest BCUT2D eigenvalue weighted by atomic mass is 9.79. The first-order valence-corrected chi connectivity index (χ1v) is 16.8. The largest absolute Gasteiger partial charge is 0.478 e. The number of aromatic amines is 1. The number of anilines is 1. The van der Waals surface area contributed by atoms with Gasteiger partial charge in [0, 0.05) is 80.8 Å². The van der Waals surface area contributed by atoms with E-state index >= 15 is 0 Å². The third-order valence-corrected chi connectivity index (χ3v) is 10.3. The quantitative estimate of drug-likeness (QED) is 0.343. The van der Waals surface area contributed by atoms with Crippen LogP contribution in [0.1, 0.15) is 51.5 Å². The standard InChI is InChI=1S/C36H44N6O5/c1-35(2,33(44)40-16-14-36(22-40)23-41(24-36)34(45)46)47-31-7-3-6-30(17-31)39-15-4-5-27(21-39)32(43)42(29-12-13-29)20-25-8-10-26(11-9-25)28-18-37-38-19-28/h3,6-11,17-19,27,29H,4-5,12-16,20-24H2,1-2H3,(H,37,38)(H,45,46)/t27-/m1/s1. The van der Waals surface area contributed by atoms with Crippen molar-refractivity contribution in [1.82, 2.24) is 24.9 Å². The highest BCUT2D eigenvalue weighted by molar-refractivity contribution is 5.85. The second-order valence-corrected chi connectivity index (χ2v) is 14.4. The molecular weight excluding hydrogens is 596 g/mol. The van der Waals surface area contributed by atoms with E-state index in [4.69, 9.17) is 4.74 Å². The number of carboxylic acid groups (broad SMARTS) is 1. The van der Waals surface area contributed by atoms with Crippen molar-refractivity contribution in [2.75, 3.05) is 44.2 Å². The zero-order valence-corrected chi connectivity index (χ0v) is 27.2. The van der Waals surface area contributed by atoms with Gasteiger partial charge < -0.3 is 29.4 Å². The van der Waals surface area contributed by atoms with E-state index in [1.54, 1.807) is 13.8 Å². The minimum Gasteiger partial charge on any atom is -0.478 e. The number of hydrogen-bond donors (Lipinski definition) is 2. The van der Waals surface area contributed by atoms with E-state index in [1.807, 2.05) is 41.6 Å². The van der Waals surface area contributed by atoms with Gasteiger partial charge >= 0.3 is 6.09 Å². The van der Waals surface area contributed by atoms with E-state index < -0.39 is 11.7 Å². The second-order valence-electron chi connectivity index (χ2n) is 14.4. The maximum absolute atomic E-state index is 14.0. The third kappa shape index (κ3) is 6.53. The van der Waals surface area contributed by atoms with E-state index in [1.165, 1.54) is 4.90 Å². The Morgan fingerprint density at radius 1 is 1.02 bits per heavy atom. The van der Waals surface area contributed by atoms with Crippen molar-refractivity contribution < 1.29 is 24.2 Å². The molecule has 7 rings (SSSR count). The maximum Gasteiger partial charge on any atom is 0.407 e. The van der Waals surface area contributed by atoms with Gasteiger partial charge in [0.15, 0.2) is 5.60 Å². The van der Waals surface area contributed by atoms with Crippen LogP contribution in [0, 0.1) is 11.3 Å². The number of nitrogens with one attached hydrogen (secondary N) is 1. The molecule has 3 aliphatic heterocycles. The topological polar surface area (TPSA) is 122 Å². The van der Waals surface area contributed by atoms with Gasteiger partial charge in [0.25, 0.3) is 5.91 Å². The van der Waals surface area contributed by atoms with Crippen LogP contribution in [0.4, 0.5) is 10.5 Å². The minimum atomic E-state index is -1.08. The van der Waals surface area contributed by atoms with E-state index in [0.29, 0.717) is 51.1 Å². The summed E-state index contributed by atoms with van der Waals surface area (Å²) in [5.74, 6) is 0.676. The number of ether oxygens (including phenoxy) is 1. The van der Waals surface area contributed by atoms with Crippen LogP contribution in [0.2, 0.25) is 0 Å². The maximum atomic E-state index is 14.0. The zero-order chi connectivity index (χ0) is 32.8. The Bertz CT molecular complexity index is 1610. The first-order valence-electron chi connectivity index (χ1n) is 16.8. The first kappa shape index (κ1) is 31.1. The molecule has 0 radical (unpaired) electrons. The smallest absolute Gasteiger partial charge is 0.407 e. The number of nitrogens with zero attached hydrogens (tertiary/aromatic N) is 5. The molecule has 4 fully saturated rings. The van der Waals surface area contributed by atoms with Gasteiger partial charge in [0.1, 0.15) is 5.75 Å². The molecule has 0 unspecified atom stereocenters. The van der Waals surface area contributed by atoms with Crippen molar-refractivity contribution in [3.63, 3.8) is 0 Å². The van der Waals surface area contributed by atoms with Crippen LogP contribution >= 0.6 is 0 Å². The van der Waals surface area contributed by atoms with Crippen molar-refractivity contribution in [3.05, 3.63) is 66.5 Å². The number of benzene rings is 2. The lowest BCUT2D eigenvalue weighted by Crippen LogP contribution is -2.60. The summed E-state index contributed by atoms with van der Waals surface area (Å²) in [6.45, 7) is 7.84. The zero-order valence-electron chi connectivity index (χ0n) is 27.2. The van der Waals surface area contributed by atoms with Crippen molar-refractivity contribution in [2.45, 2.75) is 64.1 Å². The highest BCUT2D eigenvalue weighted by Crippen LogP contribution is 2.41. The molecule has 11 nitrogen and oxygen atoms in total. The van der Waals surface area contributed by atoms with Crippen molar-refractivity contribution in [3.8, 4) is 16.9 Å². The summed E-state index contributed by atoms with van der Waals surface area (Å²) in [7, 11) is 0. The Hall–Kier alpha value is -4.54. The number of likely N-dealkylation sites (tertiary alicyclic amines) is 2. The number of aromatic nitrogens is 2. The summed E-state index contributed by atoms with van der Waals surface area (Å²) in [4.78, 5) is 46.4. The van der Waals surface area contributed by atoms with Gasteiger partial charge in [-0.25, -0.2) is 4.79 Å². The van der Waals surface area contributed by atoms with Crippen molar-refractivity contribution in [1.29, 1.82) is 0 Å². The predicted octanol–water partition coefficient (Wildman–Crippen LogP) is 4.85. The summed E-state index contributed by atoms with van der Waals surface area (Å²) in [6.07, 6.45) is 7.51. The molecule has 248 valence electrons. The van der Waals surface area contributed by atoms with Gasteiger partial charge in [-0.15, -0.1) is 0 Å². The fourth-order valence-corrected chi connectivity index (χ4v) is 7.56. The monoisotopic (exact) mass is 640 g/mol. The molecule has 2 aromatic carbocycles. The van der Waals surface area contributed by atoms with Gasteiger partial charge in [-0.3, -0.25) is 14.7 Å². The molecule has 47 heavy (non-hydrogen) atoms. The first-order chi connectivity index (χ1) is 22.6. The Kier molecular flexibility index (Phi) is 8.09. The van der Waals surface area contributed by atoms with Crippen LogP contribution < -0.4 is 9.64 Å². The molecule has 4 aliphatic rings. The van der Waals surface area contributed by atoms with Crippen LogP contribution in [-0.2, 0) is 16.1 Å². The Morgan fingerprint density at radius 3 is 2.49 bits per heavy atom. The number of hydrogen-bond acceptors (Lipinski definition) is 6. The average molecular weight is 641 g/mol. The Morgan fingerprint density at radius 2 is 1.79 bits per heavy atom. The highest BCUT2D eigenvalue weighted by atomic mass is 16.5. The number of amides is 3. The summed E-state index contributed by atoms with van der Waals surface area (Å²) >= 11 is 0. The Labute approximate surface area is 275 Å². The molecule has 3 saturated heterocycles. The van der Waals surface area contributed by atoms with E-state index in [-0.39, 0.29) is 23.1 Å². The van der Waals surface area contributed by atoms with Crippen LogP contribution in [-0.4, -0.2) is 98.8 Å². The molecular formula is C36H44N6O5. The van der Waals surface area contributed by atoms with Gasteiger partial charge in [0.2, 0.25) is 5.91 Å². The second kappa shape index (κ2) is 12.2. The van der Waals surface area contributed by atoms with Gasteiger partial charge in [0.05, 0.1) is 12.1 Å². The minimum absolute atomic E-state index is 0.0804. The molecule has 0 bridgehead atoms. The van der Waals surface area contributed by atoms with Gasteiger partial charge in [-0.1, -0.05) is 30.3 Å². The number of carbonyl (C=O) groups is 3. The summed E-state index contributed by atoms with van der Waals surface area (Å²) in [6, 6.07) is 16.6. The molecule has 1 spiro atoms. The molecule has 3 aromatic rings. The predicted molar refractivity (Wildman–Crippen MR) is 177 cm³/mol. The van der Waals surface area contributed by atoms with E-state index in [0.717, 1.165) is 61.0 Å². The SMILES string of the molecule is CC(C)(Oc1cccc(N2CCC[C@@H](C(=O)N(Cc3ccc(-c4cn[nH]c4)cc3)C3CC3)C2)c1)C(=O)N1CCC2(CN(C(=O)O)C2)C1. The number of H-pyrrole nitrogens is 1. The summed E-state index contributed by atoms with van der Waals surface area (Å²) < 4.78 is 6.33. The fourth-order valence-electron chi connectivity index (χ4n) is 7.56. The van der Waals surface area contributed by atoms with Gasteiger partial charge in [-0.05, 0) is 69.2 Å². The Balaban J connectivity index is 0.973. The van der Waals surface area contributed by atoms with Crippen molar-refractivity contribution >= 4 is 23.6 Å². The lowest BCUT2D eigenvalue weighted by Gasteiger charge is -2.46. The molecule has 1 saturated carbocycles. The third-order valence-electron chi connectivity index (χ3n) is 10.3. The van der Waals surface area contributed by atoms with Gasteiger partial charge in [-0.2, -0.15) is 5.10 Å². The van der Waals surface area contributed by atoms with Crippen LogP contribution in [0.25, 0.3) is 11.1 Å².